The van der Waals surface area contributed by atoms with Gasteiger partial charge in [-0.3, -0.25) is 10.1 Å². The molecular formula is C19H32N2O6S. The lowest BCUT2D eigenvalue weighted by molar-refractivity contribution is -0.118. The minimum absolute atomic E-state index is 0.0453. The molecule has 28 heavy (non-hydrogen) atoms. The maximum absolute atomic E-state index is 12.8. The van der Waals surface area contributed by atoms with Crippen molar-refractivity contribution in [2.75, 3.05) is 44.1 Å². The molecule has 0 aromatic carbocycles. The molecule has 9 heteroatoms. The summed E-state index contributed by atoms with van der Waals surface area (Å²) in [5.74, 6) is 0.653. The molecule has 160 valence electrons. The Labute approximate surface area is 169 Å². The normalized spacial score (nSPS) is 17.5. The Morgan fingerprint density at radius 2 is 2.07 bits per heavy atom. The first kappa shape index (κ1) is 23.2. The molecular weight excluding hydrogens is 384 g/mol. The van der Waals surface area contributed by atoms with Crippen molar-refractivity contribution in [3.63, 3.8) is 0 Å². The summed E-state index contributed by atoms with van der Waals surface area (Å²) in [5.41, 5.74) is 0.185. The largest absolute Gasteiger partial charge is 0.616 e. The minimum Gasteiger partial charge on any atom is -0.616 e. The van der Waals surface area contributed by atoms with Gasteiger partial charge in [-0.05, 0) is 37.9 Å². The van der Waals surface area contributed by atoms with E-state index in [2.05, 4.69) is 10.5 Å². The molecule has 1 aromatic heterocycles. The van der Waals surface area contributed by atoms with Crippen LogP contribution in [0.25, 0.3) is 0 Å². The molecule has 0 saturated carbocycles. The maximum atomic E-state index is 12.8. The third kappa shape index (κ3) is 6.18. The van der Waals surface area contributed by atoms with Crippen molar-refractivity contribution in [3.8, 4) is 0 Å². The molecule has 0 aliphatic carbocycles. The number of anilines is 1. The molecule has 1 fully saturated rings. The second kappa shape index (κ2) is 10.1. The zero-order valence-electron chi connectivity index (χ0n) is 17.2. The Morgan fingerprint density at radius 3 is 2.71 bits per heavy atom. The first-order valence-electron chi connectivity index (χ1n) is 9.60. The van der Waals surface area contributed by atoms with Gasteiger partial charge in [0.2, 0.25) is 5.88 Å². The van der Waals surface area contributed by atoms with E-state index in [1.54, 1.807) is 19.9 Å². The van der Waals surface area contributed by atoms with Gasteiger partial charge in [-0.25, -0.2) is 0 Å². The van der Waals surface area contributed by atoms with Gasteiger partial charge in [0, 0.05) is 30.6 Å². The first-order chi connectivity index (χ1) is 13.2. The van der Waals surface area contributed by atoms with Gasteiger partial charge in [0.15, 0.2) is 4.75 Å². The second-order valence-electron chi connectivity index (χ2n) is 8.27. The van der Waals surface area contributed by atoms with E-state index in [0.717, 1.165) is 12.8 Å². The van der Waals surface area contributed by atoms with E-state index >= 15 is 0 Å². The highest BCUT2D eigenvalue weighted by Crippen LogP contribution is 2.28. The average molecular weight is 417 g/mol. The number of rotatable bonds is 10. The van der Waals surface area contributed by atoms with Gasteiger partial charge < -0.3 is 23.7 Å². The summed E-state index contributed by atoms with van der Waals surface area (Å²) in [7, 11) is 0. The minimum atomic E-state index is -1.32. The monoisotopic (exact) mass is 416 g/mol. The van der Waals surface area contributed by atoms with Crippen molar-refractivity contribution >= 4 is 23.0 Å². The predicted octanol–water partition coefficient (Wildman–Crippen LogP) is 1.85. The van der Waals surface area contributed by atoms with Crippen molar-refractivity contribution < 1.29 is 28.5 Å². The number of nitrogens with zero attached hydrogens (tertiary/aromatic N) is 1. The van der Waals surface area contributed by atoms with Gasteiger partial charge in [0.05, 0.1) is 25.5 Å². The Morgan fingerprint density at radius 1 is 1.39 bits per heavy atom. The first-order valence-corrected chi connectivity index (χ1v) is 10.9. The number of hydrogen-bond donors (Lipinski definition) is 2. The molecule has 8 nitrogen and oxygen atoms in total. The van der Waals surface area contributed by atoms with E-state index in [4.69, 9.17) is 19.1 Å². The van der Waals surface area contributed by atoms with Crippen LogP contribution in [0.15, 0.2) is 10.6 Å². The van der Waals surface area contributed by atoms with E-state index in [0.29, 0.717) is 37.2 Å². The van der Waals surface area contributed by atoms with E-state index in [1.807, 2.05) is 13.8 Å². The standard InChI is InChI=1S/C19H32N2O6S/c1-18(2,13-26-10-7-22)15-11-16(27-21-15)20-17(23)19(3,4)28(24)12-14-5-8-25-9-6-14/h11,14,22H,5-10,12-13H2,1-4H3,(H,20,23). The summed E-state index contributed by atoms with van der Waals surface area (Å²) in [6, 6.07) is 1.65. The lowest BCUT2D eigenvalue weighted by atomic mass is 9.90. The summed E-state index contributed by atoms with van der Waals surface area (Å²) in [5, 5.41) is 15.5. The van der Waals surface area contributed by atoms with Crippen LogP contribution in [-0.2, 0) is 30.9 Å². The molecule has 1 aliphatic heterocycles. The van der Waals surface area contributed by atoms with Crippen molar-refractivity contribution in [2.45, 2.75) is 50.7 Å². The highest BCUT2D eigenvalue weighted by molar-refractivity contribution is 7.93. The van der Waals surface area contributed by atoms with Crippen LogP contribution in [0, 0.1) is 5.92 Å². The van der Waals surface area contributed by atoms with Crippen LogP contribution in [0.4, 0.5) is 5.88 Å². The van der Waals surface area contributed by atoms with Gasteiger partial charge in [0.25, 0.3) is 5.91 Å². The third-order valence-corrected chi connectivity index (χ3v) is 7.08. The van der Waals surface area contributed by atoms with E-state index < -0.39 is 21.3 Å². The zero-order valence-corrected chi connectivity index (χ0v) is 18.0. The lowest BCUT2D eigenvalue weighted by Crippen LogP contribution is -2.47. The van der Waals surface area contributed by atoms with Crippen molar-refractivity contribution in [1.82, 2.24) is 5.16 Å². The number of carbonyl (C=O) groups is 1. The molecule has 1 aliphatic rings. The highest BCUT2D eigenvalue weighted by Gasteiger charge is 2.42. The molecule has 2 N–H and O–H groups in total. The van der Waals surface area contributed by atoms with Crippen LogP contribution in [0.1, 0.15) is 46.2 Å². The van der Waals surface area contributed by atoms with E-state index in [1.165, 1.54) is 0 Å². The van der Waals surface area contributed by atoms with E-state index in [-0.39, 0.29) is 25.0 Å². The van der Waals surface area contributed by atoms with Crippen LogP contribution in [0.3, 0.4) is 0 Å². The summed E-state index contributed by atoms with van der Waals surface area (Å²) in [4.78, 5) is 12.7. The van der Waals surface area contributed by atoms with Crippen LogP contribution >= 0.6 is 0 Å². The maximum Gasteiger partial charge on any atom is 0.282 e. The molecule has 2 heterocycles. The summed E-state index contributed by atoms with van der Waals surface area (Å²) < 4.78 is 27.7. The number of nitrogens with one attached hydrogen (secondary N) is 1. The van der Waals surface area contributed by atoms with Gasteiger partial charge in [0.1, 0.15) is 5.75 Å². The fourth-order valence-corrected chi connectivity index (χ4v) is 4.26. The Hall–Kier alpha value is -1.13. The Balaban J connectivity index is 1.94. The SMILES string of the molecule is CC(C)(COCCO)c1cc(NC(=O)C(C)(C)[S+]([O-])CC2CCOCC2)on1. The van der Waals surface area contributed by atoms with E-state index in [9.17, 15) is 9.35 Å². The number of amides is 1. The molecule has 1 amide bonds. The average Bonchev–Trinajstić information content (AvgIpc) is 3.12. The summed E-state index contributed by atoms with van der Waals surface area (Å²) in [6.45, 7) is 9.16. The van der Waals surface area contributed by atoms with Gasteiger partial charge in [-0.1, -0.05) is 19.0 Å². The quantitative estimate of drug-likeness (QED) is 0.441. The number of ether oxygens (including phenoxy) is 2. The fraction of sp³-hybridized carbons (Fsp3) is 0.789. The summed E-state index contributed by atoms with van der Waals surface area (Å²) in [6.07, 6.45) is 1.75. The molecule has 2 rings (SSSR count). The summed E-state index contributed by atoms with van der Waals surface area (Å²) >= 11 is -1.32. The third-order valence-electron chi connectivity index (χ3n) is 4.98. The van der Waals surface area contributed by atoms with Gasteiger partial charge >= 0.3 is 0 Å². The number of aromatic nitrogens is 1. The lowest BCUT2D eigenvalue weighted by Gasteiger charge is -2.30. The number of aliphatic hydroxyl groups excluding tert-OH is 1. The molecule has 1 aromatic rings. The topological polar surface area (TPSA) is 117 Å². The Kier molecular flexibility index (Phi) is 8.32. The van der Waals surface area contributed by atoms with Gasteiger partial charge in [-0.15, -0.1) is 0 Å². The molecule has 0 spiro atoms. The smallest absolute Gasteiger partial charge is 0.282 e. The molecule has 0 radical (unpaired) electrons. The molecule has 1 unspecified atom stereocenters. The predicted molar refractivity (Wildman–Crippen MR) is 107 cm³/mol. The number of aliphatic hydroxyl groups is 1. The number of hydrogen-bond acceptors (Lipinski definition) is 7. The van der Waals surface area contributed by atoms with Crippen LogP contribution in [-0.4, -0.2) is 64.3 Å². The second-order valence-corrected chi connectivity index (χ2v) is 10.3. The van der Waals surface area contributed by atoms with Crippen molar-refractivity contribution in [1.29, 1.82) is 0 Å². The molecule has 1 saturated heterocycles. The Bertz CT molecular complexity index is 628. The molecule has 0 bridgehead atoms. The van der Waals surface area contributed by atoms with Crippen LogP contribution in [0.5, 0.6) is 0 Å². The van der Waals surface area contributed by atoms with Crippen LogP contribution < -0.4 is 5.32 Å². The van der Waals surface area contributed by atoms with Crippen molar-refractivity contribution in [3.05, 3.63) is 11.8 Å². The van der Waals surface area contributed by atoms with Crippen molar-refractivity contribution in [2.24, 2.45) is 5.92 Å². The van der Waals surface area contributed by atoms with Gasteiger partial charge in [-0.2, -0.15) is 0 Å². The fourth-order valence-electron chi connectivity index (χ4n) is 2.82. The highest BCUT2D eigenvalue weighted by atomic mass is 32.2. The zero-order chi connectivity index (χ0) is 20.8. The molecule has 1 atom stereocenters. The number of carbonyl (C=O) groups excluding carboxylic acids is 1. The van der Waals surface area contributed by atoms with Crippen LogP contribution in [0.2, 0.25) is 0 Å².